The molecule has 1 aliphatic heterocycles. The molecule has 1 N–H and O–H groups in total. The first kappa shape index (κ1) is 12.4. The summed E-state index contributed by atoms with van der Waals surface area (Å²) in [4.78, 5) is 14.4. The molecule has 0 radical (unpaired) electrons. The average Bonchev–Trinajstić information content (AvgIpc) is 2.99. The van der Waals surface area contributed by atoms with E-state index in [4.69, 9.17) is 0 Å². The Morgan fingerprint density at radius 3 is 3.05 bits per heavy atom. The number of hydrogen-bond acceptors (Lipinski definition) is 3. The van der Waals surface area contributed by atoms with Crippen molar-refractivity contribution in [2.45, 2.75) is 32.2 Å². The van der Waals surface area contributed by atoms with Crippen LogP contribution >= 0.6 is 0 Å². The van der Waals surface area contributed by atoms with Gasteiger partial charge in [0.15, 0.2) is 0 Å². The van der Waals surface area contributed by atoms with E-state index in [1.165, 1.54) is 30.9 Å². The van der Waals surface area contributed by atoms with Gasteiger partial charge in [0.05, 0.1) is 12.0 Å². The van der Waals surface area contributed by atoms with Crippen molar-refractivity contribution in [1.82, 2.24) is 24.4 Å². The fraction of sp³-hybridized carbons (Fsp3) is 0.571. The summed E-state index contributed by atoms with van der Waals surface area (Å²) in [5.74, 6) is 1.78. The fourth-order valence-corrected chi connectivity index (χ4v) is 3.04. The molecule has 102 valence electrons. The molecule has 0 spiro atoms. The smallest absolute Gasteiger partial charge is 0.113 e. The van der Waals surface area contributed by atoms with E-state index in [1.54, 1.807) is 6.33 Å². The lowest BCUT2D eigenvalue weighted by atomic mass is 9.97. The molecule has 5 heteroatoms. The predicted octanol–water partition coefficient (Wildman–Crippen LogP) is 1.83. The largest absolute Gasteiger partial charge is 0.347 e. The zero-order chi connectivity index (χ0) is 13.2. The van der Waals surface area contributed by atoms with E-state index in [2.05, 4.69) is 44.6 Å². The van der Waals surface area contributed by atoms with E-state index in [-0.39, 0.29) is 0 Å². The van der Waals surface area contributed by atoms with Gasteiger partial charge >= 0.3 is 0 Å². The van der Waals surface area contributed by atoms with Crippen LogP contribution in [0.4, 0.5) is 0 Å². The second-order valence-electron chi connectivity index (χ2n) is 5.50. The van der Waals surface area contributed by atoms with Crippen molar-refractivity contribution >= 4 is 0 Å². The van der Waals surface area contributed by atoms with E-state index in [9.17, 15) is 0 Å². The third-order valence-electron chi connectivity index (χ3n) is 3.85. The lowest BCUT2D eigenvalue weighted by Gasteiger charge is -2.31. The van der Waals surface area contributed by atoms with Crippen LogP contribution in [0.2, 0.25) is 0 Å². The molecule has 2 aromatic heterocycles. The highest BCUT2D eigenvalue weighted by Gasteiger charge is 2.24. The summed E-state index contributed by atoms with van der Waals surface area (Å²) in [7, 11) is 2.10. The quantitative estimate of drug-likeness (QED) is 0.915. The molecule has 0 aliphatic carbocycles. The number of aromatic amines is 1. The highest BCUT2D eigenvalue weighted by molar-refractivity contribution is 5.08. The van der Waals surface area contributed by atoms with Crippen molar-refractivity contribution in [1.29, 1.82) is 0 Å². The first-order valence-electron chi connectivity index (χ1n) is 6.92. The van der Waals surface area contributed by atoms with Crippen LogP contribution in [-0.4, -0.2) is 37.5 Å². The minimum Gasteiger partial charge on any atom is -0.347 e. The minimum absolute atomic E-state index is 0.551. The van der Waals surface area contributed by atoms with Crippen LogP contribution < -0.4 is 0 Å². The Hall–Kier alpha value is -1.62. The maximum atomic E-state index is 4.68. The van der Waals surface area contributed by atoms with Gasteiger partial charge in [-0.1, -0.05) is 0 Å². The van der Waals surface area contributed by atoms with Crippen LogP contribution in [0.15, 0.2) is 18.7 Å². The SMILES string of the molecule is Cc1cn(C)c([C@H]2CCCN(Cc3cnc[nH]3)C2)n1. The lowest BCUT2D eigenvalue weighted by Crippen LogP contribution is -2.34. The van der Waals surface area contributed by atoms with Crippen molar-refractivity contribution < 1.29 is 0 Å². The number of aryl methyl sites for hydroxylation is 2. The summed E-state index contributed by atoms with van der Waals surface area (Å²) in [5, 5.41) is 0. The number of piperidine rings is 1. The molecular formula is C14H21N5. The minimum atomic E-state index is 0.551. The summed E-state index contributed by atoms with van der Waals surface area (Å²) < 4.78 is 2.18. The monoisotopic (exact) mass is 259 g/mol. The van der Waals surface area contributed by atoms with E-state index in [0.717, 1.165) is 18.8 Å². The van der Waals surface area contributed by atoms with Gasteiger partial charge in [-0.05, 0) is 26.3 Å². The van der Waals surface area contributed by atoms with Crippen molar-refractivity contribution in [2.24, 2.45) is 7.05 Å². The standard InChI is InChI=1S/C14H21N5/c1-11-7-18(2)14(17-11)12-4-3-5-19(8-12)9-13-6-15-10-16-13/h6-7,10,12H,3-5,8-9H2,1-2H3,(H,15,16)/t12-/m0/s1. The molecule has 0 amide bonds. The van der Waals surface area contributed by atoms with E-state index < -0.39 is 0 Å². The first-order chi connectivity index (χ1) is 9.22. The molecule has 0 unspecified atom stereocenters. The summed E-state index contributed by atoms with van der Waals surface area (Å²) in [5.41, 5.74) is 2.31. The number of aromatic nitrogens is 4. The van der Waals surface area contributed by atoms with Crippen molar-refractivity contribution in [3.63, 3.8) is 0 Å². The Labute approximate surface area is 113 Å². The van der Waals surface area contributed by atoms with Crippen molar-refractivity contribution in [3.05, 3.63) is 35.9 Å². The Morgan fingerprint density at radius 2 is 2.37 bits per heavy atom. The van der Waals surface area contributed by atoms with Gasteiger partial charge in [-0.3, -0.25) is 4.90 Å². The van der Waals surface area contributed by atoms with Gasteiger partial charge in [0.1, 0.15) is 5.82 Å². The molecule has 1 fully saturated rings. The molecule has 0 saturated carbocycles. The number of nitrogens with one attached hydrogen (secondary N) is 1. The van der Waals surface area contributed by atoms with Crippen molar-refractivity contribution in [3.8, 4) is 0 Å². The maximum Gasteiger partial charge on any atom is 0.113 e. The number of rotatable bonds is 3. The Bertz CT molecular complexity index is 528. The molecule has 2 aromatic rings. The molecular weight excluding hydrogens is 238 g/mol. The lowest BCUT2D eigenvalue weighted by molar-refractivity contribution is 0.193. The molecule has 0 aromatic carbocycles. The van der Waals surface area contributed by atoms with Gasteiger partial charge in [0.25, 0.3) is 0 Å². The highest BCUT2D eigenvalue weighted by Crippen LogP contribution is 2.26. The Kier molecular flexibility index (Phi) is 3.38. The van der Waals surface area contributed by atoms with Crippen LogP contribution in [0, 0.1) is 6.92 Å². The van der Waals surface area contributed by atoms with Crippen molar-refractivity contribution in [2.75, 3.05) is 13.1 Å². The molecule has 3 rings (SSSR count). The van der Waals surface area contributed by atoms with E-state index in [0.29, 0.717) is 5.92 Å². The summed E-state index contributed by atoms with van der Waals surface area (Å²) in [6.07, 6.45) is 8.26. The molecule has 1 saturated heterocycles. The molecule has 19 heavy (non-hydrogen) atoms. The normalized spacial score (nSPS) is 20.8. The summed E-state index contributed by atoms with van der Waals surface area (Å²) in [6.45, 7) is 5.27. The number of imidazole rings is 2. The van der Waals surface area contributed by atoms with Crippen LogP contribution in [0.25, 0.3) is 0 Å². The van der Waals surface area contributed by atoms with Gasteiger partial charge < -0.3 is 9.55 Å². The van der Waals surface area contributed by atoms with Crippen LogP contribution in [-0.2, 0) is 13.6 Å². The third kappa shape index (κ3) is 2.71. The second kappa shape index (κ2) is 5.17. The first-order valence-corrected chi connectivity index (χ1v) is 6.92. The van der Waals surface area contributed by atoms with Crippen LogP contribution in [0.1, 0.15) is 36.0 Å². The number of H-pyrrole nitrogens is 1. The Balaban J connectivity index is 1.69. The number of likely N-dealkylation sites (tertiary alicyclic amines) is 1. The molecule has 0 bridgehead atoms. The zero-order valence-corrected chi connectivity index (χ0v) is 11.6. The summed E-state index contributed by atoms with van der Waals surface area (Å²) in [6, 6.07) is 0. The topological polar surface area (TPSA) is 49.7 Å². The van der Waals surface area contributed by atoms with Crippen LogP contribution in [0.3, 0.4) is 0 Å². The van der Waals surface area contributed by atoms with Gasteiger partial charge in [-0.2, -0.15) is 0 Å². The fourth-order valence-electron chi connectivity index (χ4n) is 3.04. The molecule has 3 heterocycles. The van der Waals surface area contributed by atoms with Gasteiger partial charge in [0, 0.05) is 44.1 Å². The second-order valence-corrected chi connectivity index (χ2v) is 5.50. The van der Waals surface area contributed by atoms with Crippen LogP contribution in [0.5, 0.6) is 0 Å². The van der Waals surface area contributed by atoms with Gasteiger partial charge in [0.2, 0.25) is 0 Å². The average molecular weight is 259 g/mol. The zero-order valence-electron chi connectivity index (χ0n) is 11.6. The van der Waals surface area contributed by atoms with E-state index >= 15 is 0 Å². The number of nitrogens with zero attached hydrogens (tertiary/aromatic N) is 4. The summed E-state index contributed by atoms with van der Waals surface area (Å²) >= 11 is 0. The highest BCUT2D eigenvalue weighted by atomic mass is 15.2. The molecule has 1 atom stereocenters. The van der Waals surface area contributed by atoms with Gasteiger partial charge in [-0.15, -0.1) is 0 Å². The Morgan fingerprint density at radius 1 is 1.47 bits per heavy atom. The predicted molar refractivity (Wildman–Crippen MR) is 73.8 cm³/mol. The number of hydrogen-bond donors (Lipinski definition) is 1. The molecule has 5 nitrogen and oxygen atoms in total. The third-order valence-corrected chi connectivity index (χ3v) is 3.85. The van der Waals surface area contributed by atoms with Gasteiger partial charge in [-0.25, -0.2) is 9.97 Å². The van der Waals surface area contributed by atoms with E-state index in [1.807, 2.05) is 6.20 Å². The maximum absolute atomic E-state index is 4.68. The molecule has 1 aliphatic rings.